The van der Waals surface area contributed by atoms with Crippen molar-refractivity contribution in [3.05, 3.63) is 0 Å². The monoisotopic (exact) mass is 226 g/mol. The molecule has 2 rings (SSSR count). The van der Waals surface area contributed by atoms with Crippen LogP contribution in [0.25, 0.3) is 0 Å². The third-order valence-corrected chi connectivity index (χ3v) is 4.42. The zero-order chi connectivity index (χ0) is 10.5. The van der Waals surface area contributed by atoms with Gasteiger partial charge in [-0.2, -0.15) is 0 Å². The van der Waals surface area contributed by atoms with Crippen LogP contribution >= 0.6 is 11.8 Å². The van der Waals surface area contributed by atoms with Gasteiger partial charge in [-0.15, -0.1) is 0 Å². The number of hydrogen-bond donors (Lipinski definition) is 1. The van der Waals surface area contributed by atoms with Crippen molar-refractivity contribution in [2.24, 2.45) is 16.8 Å². The molecule has 0 aromatic heterocycles. The van der Waals surface area contributed by atoms with E-state index >= 15 is 0 Å². The Labute approximate surface area is 97.3 Å². The summed E-state index contributed by atoms with van der Waals surface area (Å²) in [7, 11) is 0. The second-order valence-electron chi connectivity index (χ2n) is 4.91. The molecule has 0 aromatic carbocycles. The molecule has 2 aliphatic rings. The average Bonchev–Trinajstić information content (AvgIpc) is 2.28. The molecule has 0 aromatic rings. The van der Waals surface area contributed by atoms with E-state index in [1.807, 2.05) is 11.8 Å². The first-order chi connectivity index (χ1) is 7.34. The summed E-state index contributed by atoms with van der Waals surface area (Å²) in [5.41, 5.74) is 0. The molecule has 1 N–H and O–H groups in total. The molecule has 0 spiro atoms. The van der Waals surface area contributed by atoms with Gasteiger partial charge in [-0.1, -0.05) is 31.5 Å². The van der Waals surface area contributed by atoms with E-state index in [0.29, 0.717) is 0 Å². The molecule has 86 valence electrons. The van der Waals surface area contributed by atoms with Gasteiger partial charge in [-0.3, -0.25) is 4.99 Å². The van der Waals surface area contributed by atoms with E-state index in [4.69, 9.17) is 0 Å². The molecule has 15 heavy (non-hydrogen) atoms. The third kappa shape index (κ3) is 3.71. The molecule has 0 amide bonds. The lowest BCUT2D eigenvalue weighted by molar-refractivity contribution is 0.283. The van der Waals surface area contributed by atoms with E-state index in [0.717, 1.165) is 24.9 Å². The van der Waals surface area contributed by atoms with Gasteiger partial charge < -0.3 is 5.32 Å². The Hall–Kier alpha value is -0.180. The Morgan fingerprint density at radius 1 is 1.40 bits per heavy atom. The van der Waals surface area contributed by atoms with Crippen LogP contribution in [0.4, 0.5) is 0 Å². The average molecular weight is 226 g/mol. The maximum Gasteiger partial charge on any atom is 0.156 e. The summed E-state index contributed by atoms with van der Waals surface area (Å²) in [6, 6.07) is 0. The quantitative estimate of drug-likeness (QED) is 0.783. The lowest BCUT2D eigenvalue weighted by Crippen LogP contribution is -2.31. The van der Waals surface area contributed by atoms with Gasteiger partial charge in [0.05, 0.1) is 0 Å². The van der Waals surface area contributed by atoms with E-state index in [2.05, 4.69) is 17.2 Å². The molecule has 0 saturated heterocycles. The van der Waals surface area contributed by atoms with E-state index in [9.17, 15) is 0 Å². The summed E-state index contributed by atoms with van der Waals surface area (Å²) in [4.78, 5) is 4.50. The van der Waals surface area contributed by atoms with Crippen LogP contribution in [0.3, 0.4) is 0 Å². The molecule has 1 heterocycles. The summed E-state index contributed by atoms with van der Waals surface area (Å²) < 4.78 is 0. The van der Waals surface area contributed by atoms with Gasteiger partial charge in [-0.05, 0) is 31.1 Å². The largest absolute Gasteiger partial charge is 0.365 e. The summed E-state index contributed by atoms with van der Waals surface area (Å²) in [5.74, 6) is 3.07. The second-order valence-corrected chi connectivity index (χ2v) is 5.99. The molecule has 0 radical (unpaired) electrons. The van der Waals surface area contributed by atoms with Gasteiger partial charge in [0, 0.05) is 18.8 Å². The maximum absolute atomic E-state index is 4.50. The molecule has 2 atom stereocenters. The van der Waals surface area contributed by atoms with Crippen LogP contribution in [-0.4, -0.2) is 24.0 Å². The van der Waals surface area contributed by atoms with E-state index in [-0.39, 0.29) is 0 Å². The first-order valence-electron chi connectivity index (χ1n) is 6.25. The molecular weight excluding hydrogens is 204 g/mol. The van der Waals surface area contributed by atoms with Crippen LogP contribution in [0.5, 0.6) is 0 Å². The van der Waals surface area contributed by atoms with E-state index in [1.54, 1.807) is 0 Å². The second kappa shape index (κ2) is 5.78. The lowest BCUT2D eigenvalue weighted by Gasteiger charge is -2.27. The molecule has 3 heteroatoms. The van der Waals surface area contributed by atoms with E-state index in [1.165, 1.54) is 43.0 Å². The predicted molar refractivity (Wildman–Crippen MR) is 68.5 cm³/mol. The Kier molecular flexibility index (Phi) is 4.36. The number of hydrogen-bond acceptors (Lipinski definition) is 3. The number of nitrogens with zero attached hydrogens (tertiary/aromatic N) is 1. The smallest absolute Gasteiger partial charge is 0.156 e. The Balaban J connectivity index is 1.70. The fourth-order valence-corrected chi connectivity index (χ4v) is 3.38. The Bertz CT molecular complexity index is 228. The van der Waals surface area contributed by atoms with Crippen molar-refractivity contribution in [1.29, 1.82) is 0 Å². The van der Waals surface area contributed by atoms with Crippen molar-refractivity contribution in [2.45, 2.75) is 39.0 Å². The lowest BCUT2D eigenvalue weighted by atomic mass is 9.82. The molecule has 1 aliphatic carbocycles. The highest BCUT2D eigenvalue weighted by molar-refractivity contribution is 8.13. The molecule has 1 aliphatic heterocycles. The summed E-state index contributed by atoms with van der Waals surface area (Å²) in [5, 5.41) is 4.72. The van der Waals surface area contributed by atoms with Crippen LogP contribution in [0.2, 0.25) is 0 Å². The van der Waals surface area contributed by atoms with Crippen molar-refractivity contribution in [3.63, 3.8) is 0 Å². The van der Waals surface area contributed by atoms with Gasteiger partial charge in [-0.25, -0.2) is 0 Å². The molecule has 2 nitrogen and oxygen atoms in total. The molecule has 1 fully saturated rings. The Morgan fingerprint density at radius 2 is 2.33 bits per heavy atom. The van der Waals surface area contributed by atoms with Crippen molar-refractivity contribution in [3.8, 4) is 0 Å². The minimum atomic E-state index is 0.888. The fraction of sp³-hybridized carbons (Fsp3) is 0.917. The fourth-order valence-electron chi connectivity index (χ4n) is 2.54. The van der Waals surface area contributed by atoms with Crippen molar-refractivity contribution < 1.29 is 0 Å². The van der Waals surface area contributed by atoms with Crippen molar-refractivity contribution in [1.82, 2.24) is 5.32 Å². The molecule has 1 saturated carbocycles. The maximum atomic E-state index is 4.50. The van der Waals surface area contributed by atoms with Gasteiger partial charge in [0.2, 0.25) is 0 Å². The Morgan fingerprint density at radius 3 is 3.07 bits per heavy atom. The minimum Gasteiger partial charge on any atom is -0.365 e. The summed E-state index contributed by atoms with van der Waals surface area (Å²) in [6.07, 6.45) is 6.93. The minimum absolute atomic E-state index is 0.888. The normalized spacial score (nSPS) is 32.2. The molecular formula is C12H22N2S. The first kappa shape index (κ1) is 11.3. The summed E-state index contributed by atoms with van der Waals surface area (Å²) in [6.45, 7) is 4.56. The van der Waals surface area contributed by atoms with Crippen molar-refractivity contribution >= 4 is 16.9 Å². The number of nitrogens with one attached hydrogen (secondary N) is 1. The predicted octanol–water partition coefficient (Wildman–Crippen LogP) is 2.90. The number of rotatable bonds is 2. The first-order valence-corrected chi connectivity index (χ1v) is 7.24. The SMILES string of the molecule is CC1CCCC(CNC2=NCCCS2)C1. The van der Waals surface area contributed by atoms with Gasteiger partial charge in [0.1, 0.15) is 0 Å². The highest BCUT2D eigenvalue weighted by Gasteiger charge is 2.19. The highest BCUT2D eigenvalue weighted by atomic mass is 32.2. The molecule has 0 bridgehead atoms. The van der Waals surface area contributed by atoms with Crippen LogP contribution in [0, 0.1) is 11.8 Å². The van der Waals surface area contributed by atoms with Gasteiger partial charge in [0.25, 0.3) is 0 Å². The van der Waals surface area contributed by atoms with Crippen LogP contribution in [0.15, 0.2) is 4.99 Å². The van der Waals surface area contributed by atoms with Crippen LogP contribution < -0.4 is 5.32 Å². The zero-order valence-electron chi connectivity index (χ0n) is 9.67. The van der Waals surface area contributed by atoms with Gasteiger partial charge >= 0.3 is 0 Å². The van der Waals surface area contributed by atoms with Crippen molar-refractivity contribution in [2.75, 3.05) is 18.8 Å². The van der Waals surface area contributed by atoms with Gasteiger partial charge in [0.15, 0.2) is 5.17 Å². The molecule has 2 unspecified atom stereocenters. The number of aliphatic imine (C=N–C) groups is 1. The number of amidine groups is 1. The van der Waals surface area contributed by atoms with E-state index < -0.39 is 0 Å². The van der Waals surface area contributed by atoms with Crippen LogP contribution in [-0.2, 0) is 0 Å². The number of thioether (sulfide) groups is 1. The van der Waals surface area contributed by atoms with Crippen LogP contribution in [0.1, 0.15) is 39.0 Å². The standard InChI is InChI=1S/C12H22N2S/c1-10-4-2-5-11(8-10)9-14-12-13-6-3-7-15-12/h10-11H,2-9H2,1H3,(H,13,14). The topological polar surface area (TPSA) is 24.4 Å². The highest BCUT2D eigenvalue weighted by Crippen LogP contribution is 2.28. The third-order valence-electron chi connectivity index (χ3n) is 3.38. The summed E-state index contributed by atoms with van der Waals surface area (Å²) >= 11 is 1.89. The zero-order valence-corrected chi connectivity index (χ0v) is 10.5.